The Hall–Kier alpha value is -2.91. The summed E-state index contributed by atoms with van der Waals surface area (Å²) >= 11 is 0. The van der Waals surface area contributed by atoms with Gasteiger partial charge in [0, 0.05) is 50.2 Å². The average Bonchev–Trinajstić information content (AvgIpc) is 2.83. The van der Waals surface area contributed by atoms with Gasteiger partial charge < -0.3 is 24.6 Å². The number of nitrogens with one attached hydrogen (secondary N) is 1. The van der Waals surface area contributed by atoms with Crippen molar-refractivity contribution in [1.82, 2.24) is 20.1 Å². The Morgan fingerprint density at radius 1 is 1.11 bits per heavy atom. The maximum absolute atomic E-state index is 12.7. The average molecular weight is 498 g/mol. The van der Waals surface area contributed by atoms with E-state index in [1.54, 1.807) is 0 Å². The van der Waals surface area contributed by atoms with Crippen molar-refractivity contribution >= 4 is 28.7 Å². The number of pyridine rings is 1. The van der Waals surface area contributed by atoms with Gasteiger partial charge >= 0.3 is 6.09 Å². The first kappa shape index (κ1) is 26.2. The third-order valence-electron chi connectivity index (χ3n) is 6.65. The van der Waals surface area contributed by atoms with Gasteiger partial charge in [-0.15, -0.1) is 0 Å². The Morgan fingerprint density at radius 3 is 2.47 bits per heavy atom. The maximum Gasteiger partial charge on any atom is 0.408 e. The number of benzene rings is 1. The molecule has 2 amide bonds. The summed E-state index contributed by atoms with van der Waals surface area (Å²) in [6.07, 6.45) is -0.447. The molecule has 2 fully saturated rings. The summed E-state index contributed by atoms with van der Waals surface area (Å²) in [6, 6.07) is 7.99. The smallest absolute Gasteiger partial charge is 0.408 e. The molecule has 1 aromatic carbocycles. The number of ether oxygens (including phenoxy) is 2. The van der Waals surface area contributed by atoms with Gasteiger partial charge in [0.15, 0.2) is 0 Å². The van der Waals surface area contributed by atoms with Gasteiger partial charge in [0.25, 0.3) is 0 Å². The van der Waals surface area contributed by atoms with Crippen LogP contribution in [-0.4, -0.2) is 91.4 Å². The van der Waals surface area contributed by atoms with Gasteiger partial charge in [-0.25, -0.2) is 9.78 Å². The molecular weight excluding hydrogens is 458 g/mol. The van der Waals surface area contributed by atoms with Crippen molar-refractivity contribution in [2.45, 2.75) is 46.3 Å². The lowest BCUT2D eigenvalue weighted by Gasteiger charge is -2.37. The number of rotatable bonds is 5. The van der Waals surface area contributed by atoms with Crippen LogP contribution in [-0.2, 0) is 14.3 Å². The van der Waals surface area contributed by atoms with E-state index >= 15 is 0 Å². The fourth-order valence-corrected chi connectivity index (χ4v) is 4.71. The Bertz CT molecular complexity index is 1090. The maximum atomic E-state index is 12.7. The molecule has 2 aromatic rings. The summed E-state index contributed by atoms with van der Waals surface area (Å²) < 4.78 is 10.9. The summed E-state index contributed by atoms with van der Waals surface area (Å²) in [7, 11) is 0. The zero-order chi connectivity index (χ0) is 25.9. The summed E-state index contributed by atoms with van der Waals surface area (Å²) in [5, 5.41) is 4.03. The molecule has 3 heterocycles. The summed E-state index contributed by atoms with van der Waals surface area (Å²) in [4.78, 5) is 36.7. The van der Waals surface area contributed by atoms with Crippen LogP contribution in [0.25, 0.3) is 10.9 Å². The molecule has 0 saturated carbocycles. The number of hydrogen-bond donors (Lipinski definition) is 1. The lowest BCUT2D eigenvalue weighted by Crippen LogP contribution is -2.52. The highest BCUT2D eigenvalue weighted by Gasteiger charge is 2.27. The first-order valence-electron chi connectivity index (χ1n) is 12.8. The molecular formula is C27H39N5O4. The van der Waals surface area contributed by atoms with Gasteiger partial charge in [-0.2, -0.15) is 0 Å². The predicted molar refractivity (Wildman–Crippen MR) is 140 cm³/mol. The molecule has 0 radical (unpaired) electrons. The Balaban J connectivity index is 1.50. The molecule has 9 heteroatoms. The predicted octanol–water partition coefficient (Wildman–Crippen LogP) is 3.11. The van der Waals surface area contributed by atoms with E-state index in [0.29, 0.717) is 32.8 Å². The number of anilines is 1. The highest BCUT2D eigenvalue weighted by molar-refractivity contribution is 5.85. The van der Waals surface area contributed by atoms with Crippen molar-refractivity contribution in [3.8, 4) is 0 Å². The topological polar surface area (TPSA) is 87.2 Å². The van der Waals surface area contributed by atoms with Crippen LogP contribution in [0.5, 0.6) is 0 Å². The number of amides is 2. The molecule has 196 valence electrons. The second kappa shape index (κ2) is 11.0. The summed E-state index contributed by atoms with van der Waals surface area (Å²) in [5.74, 6) is 1.04. The molecule has 1 N–H and O–H groups in total. The zero-order valence-electron chi connectivity index (χ0n) is 22.2. The fraction of sp³-hybridized carbons (Fsp3) is 0.593. The van der Waals surface area contributed by atoms with Crippen molar-refractivity contribution in [1.29, 1.82) is 0 Å². The Morgan fingerprint density at radius 2 is 1.81 bits per heavy atom. The van der Waals surface area contributed by atoms with Gasteiger partial charge in [0.2, 0.25) is 5.91 Å². The first-order valence-corrected chi connectivity index (χ1v) is 12.8. The van der Waals surface area contributed by atoms with Crippen molar-refractivity contribution in [2.24, 2.45) is 0 Å². The van der Waals surface area contributed by atoms with E-state index in [2.05, 4.69) is 40.2 Å². The molecule has 2 aliphatic rings. The molecule has 4 rings (SSSR count). The van der Waals surface area contributed by atoms with E-state index in [1.807, 2.05) is 38.7 Å². The molecule has 0 aliphatic carbocycles. The second-order valence-electron chi connectivity index (χ2n) is 10.7. The van der Waals surface area contributed by atoms with Crippen molar-refractivity contribution in [3.63, 3.8) is 0 Å². The third-order valence-corrected chi connectivity index (χ3v) is 6.65. The second-order valence-corrected chi connectivity index (χ2v) is 10.7. The van der Waals surface area contributed by atoms with Crippen LogP contribution in [0.15, 0.2) is 24.3 Å². The lowest BCUT2D eigenvalue weighted by molar-refractivity contribution is -0.136. The molecule has 2 aliphatic heterocycles. The number of aromatic nitrogens is 1. The Labute approximate surface area is 213 Å². The van der Waals surface area contributed by atoms with Gasteiger partial charge in [-0.1, -0.05) is 18.2 Å². The minimum Gasteiger partial charge on any atom is -0.444 e. The minimum absolute atomic E-state index is 0.169. The molecule has 36 heavy (non-hydrogen) atoms. The van der Waals surface area contributed by atoms with Crippen molar-refractivity contribution in [3.05, 3.63) is 35.4 Å². The van der Waals surface area contributed by atoms with Crippen LogP contribution < -0.4 is 10.2 Å². The fourth-order valence-electron chi connectivity index (χ4n) is 4.71. The monoisotopic (exact) mass is 497 g/mol. The van der Waals surface area contributed by atoms with Crippen LogP contribution in [0.1, 0.15) is 44.9 Å². The van der Waals surface area contributed by atoms with Crippen LogP contribution in [0, 0.1) is 6.92 Å². The largest absolute Gasteiger partial charge is 0.444 e. The van der Waals surface area contributed by atoms with E-state index in [0.717, 1.165) is 54.0 Å². The first-order chi connectivity index (χ1) is 17.1. The number of nitrogens with zero attached hydrogens (tertiary/aromatic N) is 4. The van der Waals surface area contributed by atoms with Crippen LogP contribution in [0.3, 0.4) is 0 Å². The SMILES string of the molecule is Cc1cccc2cc([C@H](C)NC(=O)OC(C)(C)C)c(N3CCN(CC(=O)N4CCOCC4)CC3)nc12. The van der Waals surface area contributed by atoms with Crippen LogP contribution in [0.2, 0.25) is 0 Å². The third kappa shape index (κ3) is 6.44. The summed E-state index contributed by atoms with van der Waals surface area (Å²) in [5.41, 5.74) is 2.46. The highest BCUT2D eigenvalue weighted by Crippen LogP contribution is 2.31. The number of aryl methyl sites for hydroxylation is 1. The van der Waals surface area contributed by atoms with Crippen LogP contribution >= 0.6 is 0 Å². The number of carbonyl (C=O) groups excluding carboxylic acids is 2. The number of piperazine rings is 1. The Kier molecular flexibility index (Phi) is 8.00. The van der Waals surface area contributed by atoms with E-state index in [-0.39, 0.29) is 11.9 Å². The molecule has 0 spiro atoms. The van der Waals surface area contributed by atoms with Gasteiger partial charge in [0.05, 0.1) is 31.3 Å². The lowest BCUT2D eigenvalue weighted by atomic mass is 10.0. The van der Waals surface area contributed by atoms with Crippen LogP contribution in [0.4, 0.5) is 10.6 Å². The van der Waals surface area contributed by atoms with Crippen molar-refractivity contribution in [2.75, 3.05) is 63.9 Å². The normalized spacial score (nSPS) is 18.2. The molecule has 0 unspecified atom stereocenters. The van der Waals surface area contributed by atoms with Crippen molar-refractivity contribution < 1.29 is 19.1 Å². The number of para-hydroxylation sites is 1. The quantitative estimate of drug-likeness (QED) is 0.679. The van der Waals surface area contributed by atoms with E-state index in [9.17, 15) is 9.59 Å². The number of morpholine rings is 1. The number of hydrogen-bond acceptors (Lipinski definition) is 7. The van der Waals surface area contributed by atoms with E-state index in [4.69, 9.17) is 14.5 Å². The van der Waals surface area contributed by atoms with E-state index in [1.165, 1.54) is 0 Å². The van der Waals surface area contributed by atoms with Gasteiger partial charge in [-0.05, 0) is 46.2 Å². The van der Waals surface area contributed by atoms with Gasteiger partial charge in [-0.3, -0.25) is 9.69 Å². The highest BCUT2D eigenvalue weighted by atomic mass is 16.6. The molecule has 9 nitrogen and oxygen atoms in total. The minimum atomic E-state index is -0.569. The standard InChI is InChI=1S/C27H39N5O4/c1-19-7-6-8-21-17-22(20(2)28-26(34)36-27(3,4)5)25(29-24(19)21)32-11-9-30(10-12-32)18-23(33)31-13-15-35-16-14-31/h6-8,17,20H,9-16,18H2,1-5H3,(H,28,34)/t20-/m0/s1. The summed E-state index contributed by atoms with van der Waals surface area (Å²) in [6.45, 7) is 15.7. The molecule has 2 saturated heterocycles. The molecule has 0 bridgehead atoms. The zero-order valence-corrected chi connectivity index (χ0v) is 22.2. The number of fused-ring (bicyclic) bond motifs is 1. The number of carbonyl (C=O) groups is 2. The van der Waals surface area contributed by atoms with Gasteiger partial charge in [0.1, 0.15) is 11.4 Å². The van der Waals surface area contributed by atoms with E-state index < -0.39 is 11.7 Å². The molecule has 1 aromatic heterocycles. The molecule has 1 atom stereocenters. The number of alkyl carbamates (subject to hydrolysis) is 1.